The summed E-state index contributed by atoms with van der Waals surface area (Å²) in [5.74, 6) is 0. The molecular formula is C65H62BN3S. The topological polar surface area (TPSA) is 9.72 Å². The molecule has 5 heteroatoms. The number of thiophene rings is 1. The third kappa shape index (κ3) is 6.26. The summed E-state index contributed by atoms with van der Waals surface area (Å²) in [4.78, 5) is 8.03. The summed E-state index contributed by atoms with van der Waals surface area (Å²) in [6.07, 6.45) is 4.80. The molecule has 1 saturated carbocycles. The van der Waals surface area contributed by atoms with Gasteiger partial charge in [0.25, 0.3) is 6.71 Å². The van der Waals surface area contributed by atoms with Crippen LogP contribution in [0.15, 0.2) is 164 Å². The van der Waals surface area contributed by atoms with Crippen LogP contribution in [0.2, 0.25) is 0 Å². The molecule has 2 unspecified atom stereocenters. The number of hydrogen-bond acceptors (Lipinski definition) is 4. The van der Waals surface area contributed by atoms with Crippen LogP contribution in [0.1, 0.15) is 103 Å². The Bertz CT molecular complexity index is 3590. The third-order valence-corrected chi connectivity index (χ3v) is 18.3. The van der Waals surface area contributed by atoms with E-state index in [0.29, 0.717) is 0 Å². The highest BCUT2D eigenvalue weighted by molar-refractivity contribution is 7.26. The first-order valence-electron chi connectivity index (χ1n) is 25.7. The number of fused-ring (bicyclic) bond motifs is 10. The Kier molecular flexibility index (Phi) is 9.45. The molecule has 0 bridgehead atoms. The maximum absolute atomic E-state index is 2.78. The molecule has 70 heavy (non-hydrogen) atoms. The van der Waals surface area contributed by atoms with E-state index < -0.39 is 0 Å². The van der Waals surface area contributed by atoms with Crippen molar-refractivity contribution in [2.45, 2.75) is 110 Å². The van der Waals surface area contributed by atoms with Gasteiger partial charge in [-0.1, -0.05) is 152 Å². The molecule has 1 aromatic heterocycles. The second-order valence-electron chi connectivity index (χ2n) is 23.4. The van der Waals surface area contributed by atoms with Gasteiger partial charge in [0.05, 0.1) is 11.2 Å². The zero-order valence-corrected chi connectivity index (χ0v) is 43.1. The molecule has 0 radical (unpaired) electrons. The van der Waals surface area contributed by atoms with Gasteiger partial charge in [-0.2, -0.15) is 0 Å². The van der Waals surface area contributed by atoms with Gasteiger partial charge in [0.2, 0.25) is 0 Å². The van der Waals surface area contributed by atoms with E-state index in [1.54, 1.807) is 0 Å². The normalized spacial score (nSPS) is 19.3. The number of rotatable bonds is 4. The average molecular weight is 928 g/mol. The Hall–Kier alpha value is -6.56. The van der Waals surface area contributed by atoms with Gasteiger partial charge in [0, 0.05) is 65.4 Å². The molecule has 1 aliphatic carbocycles. The van der Waals surface area contributed by atoms with Gasteiger partial charge in [-0.15, -0.1) is 11.3 Å². The zero-order valence-electron chi connectivity index (χ0n) is 42.2. The van der Waals surface area contributed by atoms with Crippen molar-refractivity contribution >= 4 is 100 Å². The van der Waals surface area contributed by atoms with Crippen LogP contribution in [0.25, 0.3) is 31.3 Å². The minimum atomic E-state index is -0.107. The molecule has 0 saturated heterocycles. The Morgan fingerprint density at radius 3 is 1.94 bits per heavy atom. The van der Waals surface area contributed by atoms with Crippen LogP contribution >= 0.6 is 11.3 Å². The lowest BCUT2D eigenvalue weighted by Crippen LogP contribution is -2.61. The minimum absolute atomic E-state index is 0.0129. The molecule has 3 nitrogen and oxygen atoms in total. The summed E-state index contributed by atoms with van der Waals surface area (Å²) in [6.45, 7) is 21.4. The van der Waals surface area contributed by atoms with Crippen LogP contribution in [0.3, 0.4) is 0 Å². The molecule has 2 atom stereocenters. The largest absolute Gasteiger partial charge is 0.334 e. The summed E-state index contributed by atoms with van der Waals surface area (Å²) >= 11 is 1.90. The lowest BCUT2D eigenvalue weighted by molar-refractivity contribution is 0.195. The number of nitrogens with zero attached hydrogens (tertiary/aromatic N) is 3. The molecular weight excluding hydrogens is 866 g/mol. The maximum Gasteiger partial charge on any atom is 0.252 e. The average Bonchev–Trinajstić information content (AvgIpc) is 3.83. The van der Waals surface area contributed by atoms with Crippen molar-refractivity contribution in [2.75, 3.05) is 14.7 Å². The maximum atomic E-state index is 2.78. The summed E-state index contributed by atoms with van der Waals surface area (Å²) in [5.41, 5.74) is 22.1. The molecule has 0 N–H and O–H groups in total. The van der Waals surface area contributed by atoms with Gasteiger partial charge in [0.1, 0.15) is 0 Å². The SMILES string of the molecule is Cc1cc2c3c(c1)N(c1cccc4sc5ccccc5c14)c1cc(N4c5ccc(-c6ccccc6)cc5C5(C)CCCCC45C)ccc1B3c1cc(C(C)(C)C)ccc1N2c1ccc(C(C)(C)C)cc1. The summed E-state index contributed by atoms with van der Waals surface area (Å²) in [5, 5.41) is 2.63. The summed E-state index contributed by atoms with van der Waals surface area (Å²) in [7, 11) is 0. The highest BCUT2D eigenvalue weighted by atomic mass is 32.1. The van der Waals surface area contributed by atoms with Crippen LogP contribution in [-0.4, -0.2) is 12.3 Å². The predicted octanol–water partition coefficient (Wildman–Crippen LogP) is 16.4. The van der Waals surface area contributed by atoms with Crippen LogP contribution in [0.4, 0.5) is 45.5 Å². The van der Waals surface area contributed by atoms with E-state index in [1.165, 1.54) is 135 Å². The van der Waals surface area contributed by atoms with Crippen LogP contribution < -0.4 is 31.1 Å². The van der Waals surface area contributed by atoms with Gasteiger partial charge in [-0.05, 0) is 160 Å². The van der Waals surface area contributed by atoms with E-state index in [1.807, 2.05) is 11.3 Å². The first-order valence-corrected chi connectivity index (χ1v) is 26.5. The van der Waals surface area contributed by atoms with E-state index >= 15 is 0 Å². The lowest BCUT2D eigenvalue weighted by Gasteiger charge is -2.50. The second-order valence-corrected chi connectivity index (χ2v) is 24.5. The van der Waals surface area contributed by atoms with Crippen molar-refractivity contribution in [1.29, 1.82) is 0 Å². The van der Waals surface area contributed by atoms with Gasteiger partial charge in [-0.3, -0.25) is 0 Å². The summed E-state index contributed by atoms with van der Waals surface area (Å²) < 4.78 is 2.63. The van der Waals surface area contributed by atoms with Gasteiger partial charge in [0.15, 0.2) is 0 Å². The van der Waals surface area contributed by atoms with E-state index in [0.717, 1.165) is 6.42 Å². The summed E-state index contributed by atoms with van der Waals surface area (Å²) in [6, 6.07) is 63.6. The predicted molar refractivity (Wildman–Crippen MR) is 304 cm³/mol. The van der Waals surface area contributed by atoms with Crippen molar-refractivity contribution in [1.82, 2.24) is 0 Å². The Morgan fingerprint density at radius 2 is 1.17 bits per heavy atom. The molecule has 3 aliphatic heterocycles. The number of benzene rings is 8. The van der Waals surface area contributed by atoms with Crippen LogP contribution in [-0.2, 0) is 16.2 Å². The number of aryl methyl sites for hydroxylation is 1. The zero-order chi connectivity index (χ0) is 48.1. The number of hydrogen-bond donors (Lipinski definition) is 0. The van der Waals surface area contributed by atoms with Crippen molar-refractivity contribution in [3.63, 3.8) is 0 Å². The van der Waals surface area contributed by atoms with Crippen molar-refractivity contribution < 1.29 is 0 Å². The van der Waals surface area contributed by atoms with Crippen LogP contribution in [0.5, 0.6) is 0 Å². The monoisotopic (exact) mass is 927 g/mol. The second kappa shape index (κ2) is 15.2. The molecule has 13 rings (SSSR count). The third-order valence-electron chi connectivity index (χ3n) is 17.1. The molecule has 1 fully saturated rings. The Morgan fingerprint density at radius 1 is 0.500 bits per heavy atom. The molecule has 8 aromatic carbocycles. The Balaban J connectivity index is 1.10. The van der Waals surface area contributed by atoms with E-state index in [4.69, 9.17) is 0 Å². The molecule has 4 heterocycles. The highest BCUT2D eigenvalue weighted by Gasteiger charge is 2.58. The molecule has 4 aliphatic rings. The quantitative estimate of drug-likeness (QED) is 0.163. The number of anilines is 8. The van der Waals surface area contributed by atoms with Crippen molar-refractivity contribution in [3.8, 4) is 11.1 Å². The fourth-order valence-electron chi connectivity index (χ4n) is 13.3. The van der Waals surface area contributed by atoms with Gasteiger partial charge >= 0.3 is 0 Å². The van der Waals surface area contributed by atoms with E-state index in [2.05, 4.69) is 241 Å². The van der Waals surface area contributed by atoms with Crippen molar-refractivity contribution in [2.24, 2.45) is 0 Å². The van der Waals surface area contributed by atoms with Crippen molar-refractivity contribution in [3.05, 3.63) is 186 Å². The Labute approximate surface area is 419 Å². The van der Waals surface area contributed by atoms with E-state index in [9.17, 15) is 0 Å². The molecule has 0 spiro atoms. The standard InChI is InChI=1S/C65H62BN3S/c1-41-36-56-61-57(37-41)68(54-21-17-23-59-60(54)48-20-13-14-22-58(48)70-59)55-40-47(69-52-32-24-43(42-18-11-10-12-19-42)38-49(52)64(8)34-15-16-35-65(64,69)9)30-31-50(55)66(61)51-39-45(63(5,6)7)27-33-53(51)67(56)46-28-25-44(26-29-46)62(2,3)4/h10-14,17-33,36-40H,15-16,34-35H2,1-9H3. The fourth-order valence-corrected chi connectivity index (χ4v) is 14.4. The molecule has 9 aromatic rings. The van der Waals surface area contributed by atoms with Crippen LogP contribution in [0, 0.1) is 6.92 Å². The fraction of sp³-hybridized carbons (Fsp3) is 0.262. The first-order chi connectivity index (χ1) is 33.6. The smallest absolute Gasteiger partial charge is 0.252 e. The molecule has 0 amide bonds. The highest BCUT2D eigenvalue weighted by Crippen LogP contribution is 2.62. The van der Waals surface area contributed by atoms with Gasteiger partial charge in [-0.25, -0.2) is 0 Å². The first kappa shape index (κ1) is 43.5. The molecule has 346 valence electrons. The lowest BCUT2D eigenvalue weighted by atomic mass is 9.33. The minimum Gasteiger partial charge on any atom is -0.334 e. The van der Waals surface area contributed by atoms with E-state index in [-0.39, 0.29) is 28.5 Å². The van der Waals surface area contributed by atoms with Gasteiger partial charge < -0.3 is 14.7 Å².